The lowest BCUT2D eigenvalue weighted by Crippen LogP contribution is -2.47. The Labute approximate surface area is 180 Å². The molecule has 0 atom stereocenters. The highest BCUT2D eigenvalue weighted by Crippen LogP contribution is 2.34. The Morgan fingerprint density at radius 1 is 1.10 bits per heavy atom. The molecule has 1 saturated heterocycles. The molecule has 0 bridgehead atoms. The van der Waals surface area contributed by atoms with Crippen LogP contribution in [0.3, 0.4) is 0 Å². The van der Waals surface area contributed by atoms with E-state index in [0.717, 1.165) is 54.9 Å². The number of amides is 2. The molecule has 7 heteroatoms. The predicted octanol–water partition coefficient (Wildman–Crippen LogP) is 2.92. The zero-order valence-corrected chi connectivity index (χ0v) is 17.5. The Kier molecular flexibility index (Phi) is 4.98. The monoisotopic (exact) mass is 420 g/mol. The number of rotatable bonds is 3. The van der Waals surface area contributed by atoms with E-state index < -0.39 is 5.82 Å². The van der Waals surface area contributed by atoms with Gasteiger partial charge in [0.15, 0.2) is 0 Å². The van der Waals surface area contributed by atoms with Crippen LogP contribution in [-0.4, -0.2) is 59.3 Å². The van der Waals surface area contributed by atoms with E-state index in [4.69, 9.17) is 0 Å². The molecule has 0 radical (unpaired) electrons. The third-order valence-electron chi connectivity index (χ3n) is 6.34. The Balaban J connectivity index is 1.40. The summed E-state index contributed by atoms with van der Waals surface area (Å²) in [5, 5.41) is 3.68. The van der Waals surface area contributed by atoms with E-state index in [9.17, 15) is 14.0 Å². The van der Waals surface area contributed by atoms with Gasteiger partial charge >= 0.3 is 0 Å². The number of hydrogen-bond donors (Lipinski definition) is 2. The van der Waals surface area contributed by atoms with E-state index in [2.05, 4.69) is 39.5 Å². The summed E-state index contributed by atoms with van der Waals surface area (Å²) in [6.07, 6.45) is 0.696. The fraction of sp³-hybridized carbons (Fsp3) is 0.333. The van der Waals surface area contributed by atoms with Gasteiger partial charge in [0, 0.05) is 62.8 Å². The van der Waals surface area contributed by atoms with Crippen LogP contribution in [0.4, 0.5) is 4.39 Å². The van der Waals surface area contributed by atoms with Crippen LogP contribution in [-0.2, 0) is 17.8 Å². The van der Waals surface area contributed by atoms with Crippen molar-refractivity contribution in [2.45, 2.75) is 19.9 Å². The molecular formula is C24H25FN4O2. The fourth-order valence-electron chi connectivity index (χ4n) is 4.69. The van der Waals surface area contributed by atoms with Crippen molar-refractivity contribution < 1.29 is 14.0 Å². The van der Waals surface area contributed by atoms with Gasteiger partial charge in [0.1, 0.15) is 5.82 Å². The number of carbonyl (C=O) groups excluding carboxylic acids is 2. The summed E-state index contributed by atoms with van der Waals surface area (Å²) in [6, 6.07) is 11.2. The lowest BCUT2D eigenvalue weighted by atomic mass is 9.99. The van der Waals surface area contributed by atoms with E-state index >= 15 is 0 Å². The molecule has 0 spiro atoms. The summed E-state index contributed by atoms with van der Waals surface area (Å²) < 4.78 is 14.1. The average Bonchev–Trinajstić information content (AvgIpc) is 3.03. The molecule has 160 valence electrons. The smallest absolute Gasteiger partial charge is 0.252 e. The molecule has 31 heavy (non-hydrogen) atoms. The summed E-state index contributed by atoms with van der Waals surface area (Å²) >= 11 is 0. The van der Waals surface area contributed by atoms with Gasteiger partial charge in [0.2, 0.25) is 5.91 Å². The zero-order valence-electron chi connectivity index (χ0n) is 17.5. The minimum Gasteiger partial charge on any atom is -0.354 e. The molecule has 5 rings (SSSR count). The highest BCUT2D eigenvalue weighted by atomic mass is 19.1. The number of aromatic nitrogens is 1. The third-order valence-corrected chi connectivity index (χ3v) is 6.34. The van der Waals surface area contributed by atoms with Crippen molar-refractivity contribution in [1.29, 1.82) is 0 Å². The summed E-state index contributed by atoms with van der Waals surface area (Å²) in [7, 11) is 0. The topological polar surface area (TPSA) is 68.4 Å². The molecule has 2 aliphatic heterocycles. The van der Waals surface area contributed by atoms with Crippen molar-refractivity contribution >= 4 is 22.7 Å². The van der Waals surface area contributed by atoms with E-state index in [1.165, 1.54) is 17.7 Å². The van der Waals surface area contributed by atoms with Crippen LogP contribution >= 0.6 is 0 Å². The molecule has 0 saturated carbocycles. The zero-order chi connectivity index (χ0) is 21.5. The Hall–Kier alpha value is -3.19. The van der Waals surface area contributed by atoms with Gasteiger partial charge in [-0.25, -0.2) is 4.39 Å². The first-order chi connectivity index (χ1) is 15.0. The lowest BCUT2D eigenvalue weighted by molar-refractivity contribution is -0.130. The first-order valence-corrected chi connectivity index (χ1v) is 10.7. The molecule has 1 aromatic heterocycles. The summed E-state index contributed by atoms with van der Waals surface area (Å²) in [4.78, 5) is 31.5. The number of piperazine rings is 1. The van der Waals surface area contributed by atoms with Gasteiger partial charge in [-0.05, 0) is 35.2 Å². The van der Waals surface area contributed by atoms with Crippen LogP contribution < -0.4 is 5.32 Å². The highest BCUT2D eigenvalue weighted by molar-refractivity contribution is 6.10. The number of nitrogens with zero attached hydrogens (tertiary/aromatic N) is 2. The van der Waals surface area contributed by atoms with E-state index in [1.807, 2.05) is 4.90 Å². The van der Waals surface area contributed by atoms with Gasteiger partial charge in [0.05, 0.1) is 5.56 Å². The first kappa shape index (κ1) is 19.8. The second-order valence-electron chi connectivity index (χ2n) is 8.34. The van der Waals surface area contributed by atoms with Gasteiger partial charge in [-0.1, -0.05) is 24.3 Å². The minimum absolute atomic E-state index is 0.141. The summed E-state index contributed by atoms with van der Waals surface area (Å²) in [6.45, 7) is 6.30. The Morgan fingerprint density at radius 2 is 1.84 bits per heavy atom. The van der Waals surface area contributed by atoms with Crippen molar-refractivity contribution in [3.63, 3.8) is 0 Å². The minimum atomic E-state index is -0.417. The SMILES string of the molecule is CC(=O)N1CCN(Cc2ccc(-c3[nH]c4cc(F)cc5c4c3CCNC5=O)cc2)CC1. The lowest BCUT2D eigenvalue weighted by Gasteiger charge is -2.34. The van der Waals surface area contributed by atoms with E-state index in [-0.39, 0.29) is 11.8 Å². The Bertz CT molecular complexity index is 1160. The van der Waals surface area contributed by atoms with Crippen LogP contribution in [0.15, 0.2) is 36.4 Å². The third kappa shape index (κ3) is 3.70. The number of hydrogen-bond acceptors (Lipinski definition) is 3. The number of benzene rings is 2. The molecule has 2 N–H and O–H groups in total. The van der Waals surface area contributed by atoms with Gasteiger partial charge in [0.25, 0.3) is 5.91 Å². The number of halogens is 1. The van der Waals surface area contributed by atoms with Crippen molar-refractivity contribution in [3.8, 4) is 11.3 Å². The molecule has 6 nitrogen and oxygen atoms in total. The van der Waals surface area contributed by atoms with Crippen molar-refractivity contribution in [1.82, 2.24) is 20.1 Å². The van der Waals surface area contributed by atoms with Crippen LogP contribution in [0.5, 0.6) is 0 Å². The summed E-state index contributed by atoms with van der Waals surface area (Å²) in [5.74, 6) is -0.504. The predicted molar refractivity (Wildman–Crippen MR) is 117 cm³/mol. The molecular weight excluding hydrogens is 395 g/mol. The van der Waals surface area contributed by atoms with Crippen LogP contribution in [0.25, 0.3) is 22.2 Å². The fourth-order valence-corrected chi connectivity index (χ4v) is 4.69. The first-order valence-electron chi connectivity index (χ1n) is 10.7. The highest BCUT2D eigenvalue weighted by Gasteiger charge is 2.23. The van der Waals surface area contributed by atoms with Crippen molar-refractivity contribution in [2.24, 2.45) is 0 Å². The van der Waals surface area contributed by atoms with E-state index in [0.29, 0.717) is 24.0 Å². The molecule has 2 aromatic carbocycles. The van der Waals surface area contributed by atoms with Crippen molar-refractivity contribution in [3.05, 3.63) is 58.9 Å². The largest absolute Gasteiger partial charge is 0.354 e. The molecule has 2 amide bonds. The number of carbonyl (C=O) groups is 2. The van der Waals surface area contributed by atoms with Gasteiger partial charge in [-0.3, -0.25) is 14.5 Å². The van der Waals surface area contributed by atoms with Crippen molar-refractivity contribution in [2.75, 3.05) is 32.7 Å². The van der Waals surface area contributed by atoms with Gasteiger partial charge in [-0.2, -0.15) is 0 Å². The second kappa shape index (κ2) is 7.81. The number of nitrogens with one attached hydrogen (secondary N) is 2. The maximum Gasteiger partial charge on any atom is 0.252 e. The standard InChI is InChI=1S/C24H25FN4O2/c1-15(30)29-10-8-28(9-11-29)14-16-2-4-17(5-3-16)23-19-6-7-26-24(31)20-12-18(25)13-21(27-23)22(19)20/h2-5,12-13,27H,6-11,14H2,1H3,(H,26,31). The summed E-state index contributed by atoms with van der Waals surface area (Å²) in [5.41, 5.74) is 5.29. The van der Waals surface area contributed by atoms with E-state index in [1.54, 1.807) is 6.92 Å². The molecule has 0 unspecified atom stereocenters. The molecule has 3 aromatic rings. The Morgan fingerprint density at radius 3 is 2.55 bits per heavy atom. The molecule has 0 aliphatic carbocycles. The molecule has 2 aliphatic rings. The van der Waals surface area contributed by atoms with Crippen LogP contribution in [0.2, 0.25) is 0 Å². The average molecular weight is 420 g/mol. The molecule has 3 heterocycles. The van der Waals surface area contributed by atoms with Crippen LogP contribution in [0, 0.1) is 5.82 Å². The molecule has 1 fully saturated rings. The normalized spacial score (nSPS) is 17.0. The quantitative estimate of drug-likeness (QED) is 0.685. The maximum absolute atomic E-state index is 14.1. The number of H-pyrrole nitrogens is 1. The second-order valence-corrected chi connectivity index (χ2v) is 8.34. The van der Waals surface area contributed by atoms with Gasteiger partial charge < -0.3 is 15.2 Å². The maximum atomic E-state index is 14.1. The number of aromatic amines is 1. The van der Waals surface area contributed by atoms with Gasteiger partial charge in [-0.15, -0.1) is 0 Å². The van der Waals surface area contributed by atoms with Crippen LogP contribution in [0.1, 0.15) is 28.4 Å².